The maximum Gasteiger partial charge on any atom is 0.232 e. The summed E-state index contributed by atoms with van der Waals surface area (Å²) in [5.74, 6) is 0.597. The van der Waals surface area contributed by atoms with Crippen molar-refractivity contribution in [1.29, 1.82) is 0 Å². The first-order valence-corrected chi connectivity index (χ1v) is 6.94. The molecule has 20 heavy (non-hydrogen) atoms. The van der Waals surface area contributed by atoms with Gasteiger partial charge in [-0.1, -0.05) is 33.6 Å². The van der Waals surface area contributed by atoms with Crippen LogP contribution >= 0.6 is 27.5 Å². The number of rotatable bonds is 1. The zero-order valence-electron chi connectivity index (χ0n) is 10.1. The Balaban J connectivity index is 1.99. The first-order valence-electron chi connectivity index (χ1n) is 5.77. The van der Waals surface area contributed by atoms with Crippen molar-refractivity contribution in [2.24, 2.45) is 0 Å². The maximum atomic E-state index is 12.2. The normalized spacial score (nSPS) is 15.3. The van der Waals surface area contributed by atoms with E-state index in [-0.39, 0.29) is 22.3 Å². The minimum absolute atomic E-state index is 0.000278. The molecule has 3 nitrogen and oxygen atoms in total. The van der Waals surface area contributed by atoms with Crippen LogP contribution in [0.25, 0.3) is 6.08 Å². The van der Waals surface area contributed by atoms with Gasteiger partial charge in [0.05, 0.1) is 10.6 Å². The Morgan fingerprint density at radius 2 is 2.00 bits per heavy atom. The fourth-order valence-corrected chi connectivity index (χ4v) is 2.48. The fraction of sp³-hybridized carbons (Fsp3) is 0. The molecule has 0 aliphatic carbocycles. The highest BCUT2D eigenvalue weighted by molar-refractivity contribution is 9.10. The Labute approximate surface area is 128 Å². The van der Waals surface area contributed by atoms with Crippen molar-refractivity contribution in [1.82, 2.24) is 0 Å². The molecule has 0 spiro atoms. The van der Waals surface area contributed by atoms with E-state index in [1.54, 1.807) is 30.3 Å². The highest BCUT2D eigenvalue weighted by atomic mass is 79.9. The lowest BCUT2D eigenvalue weighted by molar-refractivity contribution is 0.101. The smallest absolute Gasteiger partial charge is 0.232 e. The second-order valence-corrected chi connectivity index (χ2v) is 5.61. The molecule has 0 aromatic heterocycles. The molecule has 1 N–H and O–H groups in total. The molecule has 5 heteroatoms. The van der Waals surface area contributed by atoms with Gasteiger partial charge < -0.3 is 9.84 Å². The Bertz CT molecular complexity index is 753. The van der Waals surface area contributed by atoms with Gasteiger partial charge in [0.2, 0.25) is 5.78 Å². The van der Waals surface area contributed by atoms with E-state index < -0.39 is 0 Å². The average molecular weight is 352 g/mol. The topological polar surface area (TPSA) is 46.5 Å². The van der Waals surface area contributed by atoms with Crippen LogP contribution in [0.2, 0.25) is 5.02 Å². The van der Waals surface area contributed by atoms with Crippen LogP contribution in [0.1, 0.15) is 15.9 Å². The molecule has 3 rings (SSSR count). The highest BCUT2D eigenvalue weighted by Crippen LogP contribution is 2.34. The molecule has 1 aliphatic rings. The fourth-order valence-electron chi connectivity index (χ4n) is 1.93. The Kier molecular flexibility index (Phi) is 3.28. The summed E-state index contributed by atoms with van der Waals surface area (Å²) >= 11 is 9.16. The van der Waals surface area contributed by atoms with Gasteiger partial charge in [-0.15, -0.1) is 0 Å². The Morgan fingerprint density at radius 1 is 1.20 bits per heavy atom. The van der Waals surface area contributed by atoms with E-state index >= 15 is 0 Å². The van der Waals surface area contributed by atoms with Crippen LogP contribution in [0.15, 0.2) is 46.6 Å². The van der Waals surface area contributed by atoms with E-state index in [9.17, 15) is 9.90 Å². The number of aromatic hydroxyl groups is 1. The second-order valence-electron chi connectivity index (χ2n) is 4.29. The van der Waals surface area contributed by atoms with E-state index in [0.717, 1.165) is 4.47 Å². The van der Waals surface area contributed by atoms with Crippen LogP contribution in [0, 0.1) is 0 Å². The third-order valence-electron chi connectivity index (χ3n) is 2.90. The summed E-state index contributed by atoms with van der Waals surface area (Å²) in [6, 6.07) is 9.97. The van der Waals surface area contributed by atoms with Crippen molar-refractivity contribution in [3.63, 3.8) is 0 Å². The van der Waals surface area contributed by atoms with Gasteiger partial charge >= 0.3 is 0 Å². The number of phenols is 1. The number of hydrogen-bond acceptors (Lipinski definition) is 3. The molecule has 0 bridgehead atoms. The average Bonchev–Trinajstić information content (AvgIpc) is 2.71. The zero-order chi connectivity index (χ0) is 14.3. The third kappa shape index (κ3) is 2.32. The van der Waals surface area contributed by atoms with Gasteiger partial charge in [-0.3, -0.25) is 4.79 Å². The van der Waals surface area contributed by atoms with Gasteiger partial charge in [0.25, 0.3) is 0 Å². The van der Waals surface area contributed by atoms with Gasteiger partial charge in [0, 0.05) is 4.47 Å². The van der Waals surface area contributed by atoms with Crippen LogP contribution in [-0.4, -0.2) is 10.9 Å². The van der Waals surface area contributed by atoms with Crippen molar-refractivity contribution in [2.75, 3.05) is 0 Å². The molecule has 1 aliphatic heterocycles. The molecule has 100 valence electrons. The van der Waals surface area contributed by atoms with Crippen molar-refractivity contribution in [3.05, 3.63) is 62.8 Å². The number of carbonyl (C=O) groups excluding carboxylic acids is 1. The van der Waals surface area contributed by atoms with Gasteiger partial charge in [0.1, 0.15) is 11.5 Å². The molecular weight excluding hydrogens is 344 g/mol. The minimum Gasteiger partial charge on any atom is -0.506 e. The molecule has 2 aromatic carbocycles. The molecule has 0 atom stereocenters. The quantitative estimate of drug-likeness (QED) is 0.773. The monoisotopic (exact) mass is 350 g/mol. The second kappa shape index (κ2) is 4.96. The van der Waals surface area contributed by atoms with Crippen LogP contribution in [0.5, 0.6) is 11.5 Å². The number of hydrogen-bond donors (Lipinski definition) is 1. The highest BCUT2D eigenvalue weighted by Gasteiger charge is 2.27. The van der Waals surface area contributed by atoms with Crippen LogP contribution in [0.4, 0.5) is 0 Å². The predicted octanol–water partition coefficient (Wildman–Crippen LogP) is 4.42. The maximum absolute atomic E-state index is 12.2. The van der Waals surface area contributed by atoms with E-state index in [0.29, 0.717) is 16.9 Å². The lowest BCUT2D eigenvalue weighted by Crippen LogP contribution is -1.98. The molecule has 2 aromatic rings. The van der Waals surface area contributed by atoms with Gasteiger partial charge in [-0.2, -0.15) is 0 Å². The molecule has 0 saturated heterocycles. The van der Waals surface area contributed by atoms with Gasteiger partial charge in [0.15, 0.2) is 5.76 Å². The number of Topliss-reactive ketones (excluding diaryl/α,β-unsaturated/α-hetero) is 1. The van der Waals surface area contributed by atoms with Crippen molar-refractivity contribution in [3.8, 4) is 11.5 Å². The number of carbonyl (C=O) groups is 1. The first-order chi connectivity index (χ1) is 9.54. The molecule has 0 fully saturated rings. The molecule has 0 amide bonds. The number of fused-ring (bicyclic) bond motifs is 1. The number of ether oxygens (including phenoxy) is 1. The van der Waals surface area contributed by atoms with Crippen LogP contribution < -0.4 is 4.74 Å². The van der Waals surface area contributed by atoms with E-state index in [4.69, 9.17) is 16.3 Å². The van der Waals surface area contributed by atoms with E-state index in [2.05, 4.69) is 15.9 Å². The summed E-state index contributed by atoms with van der Waals surface area (Å²) in [5.41, 5.74) is 1.21. The SMILES string of the molecule is O=C1/C(=C/c2ccc(O)c(Cl)c2)Oc2ccc(Br)cc21. The summed E-state index contributed by atoms with van der Waals surface area (Å²) in [5, 5.41) is 9.60. The number of phenolic OH excluding ortho intramolecular Hbond substituents is 1. The Hall–Kier alpha value is -1.78. The minimum atomic E-state index is -0.175. The van der Waals surface area contributed by atoms with Crippen LogP contribution in [-0.2, 0) is 0 Å². The van der Waals surface area contributed by atoms with Crippen molar-refractivity contribution in [2.45, 2.75) is 0 Å². The number of ketones is 1. The third-order valence-corrected chi connectivity index (χ3v) is 3.70. The Morgan fingerprint density at radius 3 is 2.75 bits per heavy atom. The van der Waals surface area contributed by atoms with E-state index in [1.165, 1.54) is 6.07 Å². The summed E-state index contributed by atoms with van der Waals surface area (Å²) in [6.07, 6.45) is 1.60. The number of halogens is 2. The standard InChI is InChI=1S/C15H8BrClO3/c16-9-2-4-13-10(7-9)15(19)14(20-13)6-8-1-3-12(18)11(17)5-8/h1-7,18H/b14-6-. The largest absolute Gasteiger partial charge is 0.506 e. The predicted molar refractivity (Wildman–Crippen MR) is 80.2 cm³/mol. The van der Waals surface area contributed by atoms with Crippen molar-refractivity contribution >= 4 is 39.4 Å². The van der Waals surface area contributed by atoms with E-state index in [1.807, 2.05) is 6.07 Å². The van der Waals surface area contributed by atoms with Gasteiger partial charge in [-0.05, 0) is 42.0 Å². The number of allylic oxidation sites excluding steroid dienone is 1. The summed E-state index contributed by atoms with van der Waals surface area (Å²) in [4.78, 5) is 12.2. The van der Waals surface area contributed by atoms with Crippen molar-refractivity contribution < 1.29 is 14.6 Å². The zero-order valence-corrected chi connectivity index (χ0v) is 12.4. The molecule has 0 saturated carbocycles. The lowest BCUT2D eigenvalue weighted by atomic mass is 10.1. The molecular formula is C15H8BrClO3. The van der Waals surface area contributed by atoms with Crippen LogP contribution in [0.3, 0.4) is 0 Å². The van der Waals surface area contributed by atoms with Gasteiger partial charge in [-0.25, -0.2) is 0 Å². The summed E-state index contributed by atoms with van der Waals surface area (Å²) < 4.78 is 6.35. The number of benzene rings is 2. The summed E-state index contributed by atoms with van der Waals surface area (Å²) in [6.45, 7) is 0. The molecule has 1 heterocycles. The lowest BCUT2D eigenvalue weighted by Gasteiger charge is -2.00. The summed E-state index contributed by atoms with van der Waals surface area (Å²) in [7, 11) is 0. The molecule has 0 radical (unpaired) electrons. The molecule has 0 unspecified atom stereocenters. The first kappa shape index (κ1) is 13.2.